The van der Waals surface area contributed by atoms with Gasteiger partial charge in [-0.2, -0.15) is 0 Å². The van der Waals surface area contributed by atoms with Gasteiger partial charge in [-0.3, -0.25) is 0 Å². The summed E-state index contributed by atoms with van der Waals surface area (Å²) >= 11 is 0. The summed E-state index contributed by atoms with van der Waals surface area (Å²) in [6, 6.07) is 6.25. The number of fused-ring (bicyclic) bond motifs is 1. The Bertz CT molecular complexity index is 654. The van der Waals surface area contributed by atoms with Crippen LogP contribution < -0.4 is 0 Å². The Morgan fingerprint density at radius 1 is 1.31 bits per heavy atom. The molecule has 4 heteroatoms. The number of rotatable bonds is 1. The molecule has 0 saturated carbocycles. The maximum absolute atomic E-state index is 13.0. The fourth-order valence-corrected chi connectivity index (χ4v) is 1.73. The van der Waals surface area contributed by atoms with E-state index in [-0.39, 0.29) is 5.82 Å². The lowest BCUT2D eigenvalue weighted by atomic mass is 10.2. The minimum Gasteiger partial charge on any atom is -0.453 e. The molecule has 3 rings (SSSR count). The zero-order chi connectivity index (χ0) is 11.1. The molecule has 0 spiro atoms. The molecule has 0 aliphatic heterocycles. The van der Waals surface area contributed by atoms with Gasteiger partial charge in [-0.15, -0.1) is 0 Å². The molecule has 0 saturated heterocycles. The Hall–Kier alpha value is -2.10. The summed E-state index contributed by atoms with van der Waals surface area (Å²) in [6.07, 6.45) is 3.53. The lowest BCUT2D eigenvalue weighted by Gasteiger charge is -1.95. The van der Waals surface area contributed by atoms with Gasteiger partial charge in [0.05, 0.1) is 0 Å². The lowest BCUT2D eigenvalue weighted by molar-refractivity contribution is 0.613. The summed E-state index contributed by atoms with van der Waals surface area (Å²) in [5.74, 6) is 1.12. The van der Waals surface area contributed by atoms with Crippen molar-refractivity contribution in [3.8, 4) is 11.6 Å². The van der Waals surface area contributed by atoms with Gasteiger partial charge in [0.25, 0.3) is 0 Å². The van der Waals surface area contributed by atoms with Crippen molar-refractivity contribution in [3.63, 3.8) is 0 Å². The van der Waals surface area contributed by atoms with Crippen molar-refractivity contribution in [1.29, 1.82) is 0 Å². The molecule has 16 heavy (non-hydrogen) atoms. The van der Waals surface area contributed by atoms with Crippen LogP contribution in [-0.2, 0) is 7.05 Å². The van der Waals surface area contributed by atoms with E-state index in [0.29, 0.717) is 11.3 Å². The van der Waals surface area contributed by atoms with Crippen molar-refractivity contribution in [1.82, 2.24) is 9.55 Å². The van der Waals surface area contributed by atoms with E-state index in [1.807, 2.05) is 17.8 Å². The van der Waals surface area contributed by atoms with Gasteiger partial charge in [0.15, 0.2) is 11.6 Å². The summed E-state index contributed by atoms with van der Waals surface area (Å²) in [6.45, 7) is 0. The Labute approximate surface area is 91.1 Å². The molecule has 1 aromatic carbocycles. The van der Waals surface area contributed by atoms with Crippen LogP contribution >= 0.6 is 0 Å². The Morgan fingerprint density at radius 2 is 2.19 bits per heavy atom. The number of hydrogen-bond donors (Lipinski definition) is 0. The SMILES string of the molecule is Cn1ccnc1-c1cc2cc(F)ccc2o1. The van der Waals surface area contributed by atoms with Crippen LogP contribution in [0.5, 0.6) is 0 Å². The van der Waals surface area contributed by atoms with Crippen molar-refractivity contribution >= 4 is 11.0 Å². The number of furan rings is 1. The topological polar surface area (TPSA) is 31.0 Å². The van der Waals surface area contributed by atoms with E-state index in [2.05, 4.69) is 4.98 Å². The first-order chi connectivity index (χ1) is 7.74. The van der Waals surface area contributed by atoms with Gasteiger partial charge in [-0.25, -0.2) is 9.37 Å². The monoisotopic (exact) mass is 216 g/mol. The molecule has 3 nitrogen and oxygen atoms in total. The highest BCUT2D eigenvalue weighted by Crippen LogP contribution is 2.26. The minimum atomic E-state index is -0.264. The smallest absolute Gasteiger partial charge is 0.175 e. The second-order valence-corrected chi connectivity index (χ2v) is 3.65. The van der Waals surface area contributed by atoms with Gasteiger partial charge < -0.3 is 8.98 Å². The maximum atomic E-state index is 13.0. The second-order valence-electron chi connectivity index (χ2n) is 3.65. The molecule has 0 bridgehead atoms. The van der Waals surface area contributed by atoms with Gasteiger partial charge in [-0.1, -0.05) is 0 Å². The van der Waals surface area contributed by atoms with Crippen molar-refractivity contribution in [2.45, 2.75) is 0 Å². The van der Waals surface area contributed by atoms with Gasteiger partial charge in [0.1, 0.15) is 11.4 Å². The first-order valence-corrected chi connectivity index (χ1v) is 4.91. The zero-order valence-electron chi connectivity index (χ0n) is 8.64. The molecule has 2 heterocycles. The summed E-state index contributed by atoms with van der Waals surface area (Å²) in [5, 5.41) is 0.748. The highest BCUT2D eigenvalue weighted by molar-refractivity contribution is 5.81. The molecule has 80 valence electrons. The number of aromatic nitrogens is 2. The second kappa shape index (κ2) is 3.20. The molecule has 0 unspecified atom stereocenters. The van der Waals surface area contributed by atoms with E-state index in [0.717, 1.165) is 11.2 Å². The standard InChI is InChI=1S/C12H9FN2O/c1-15-5-4-14-12(15)11-7-8-6-9(13)2-3-10(8)16-11/h2-7H,1H3. The normalized spacial score (nSPS) is 11.1. The van der Waals surface area contributed by atoms with Crippen LogP contribution in [-0.4, -0.2) is 9.55 Å². The van der Waals surface area contributed by atoms with Crippen molar-refractivity contribution < 1.29 is 8.81 Å². The van der Waals surface area contributed by atoms with E-state index < -0.39 is 0 Å². The van der Waals surface area contributed by atoms with E-state index in [1.165, 1.54) is 12.1 Å². The lowest BCUT2D eigenvalue weighted by Crippen LogP contribution is -1.88. The van der Waals surface area contributed by atoms with E-state index >= 15 is 0 Å². The maximum Gasteiger partial charge on any atom is 0.175 e. The third kappa shape index (κ3) is 1.31. The van der Waals surface area contributed by atoms with E-state index in [9.17, 15) is 4.39 Å². The van der Waals surface area contributed by atoms with Crippen molar-refractivity contribution in [2.24, 2.45) is 7.05 Å². The molecule has 2 aromatic heterocycles. The molecular weight excluding hydrogens is 207 g/mol. The zero-order valence-corrected chi connectivity index (χ0v) is 8.64. The quantitative estimate of drug-likeness (QED) is 0.626. The van der Waals surface area contributed by atoms with Crippen molar-refractivity contribution in [2.75, 3.05) is 0 Å². The minimum absolute atomic E-state index is 0.264. The van der Waals surface area contributed by atoms with Crippen LogP contribution in [0.2, 0.25) is 0 Å². The largest absolute Gasteiger partial charge is 0.453 e. The van der Waals surface area contributed by atoms with Gasteiger partial charge in [-0.05, 0) is 24.3 Å². The van der Waals surface area contributed by atoms with Crippen LogP contribution in [0, 0.1) is 5.82 Å². The average Bonchev–Trinajstić information content (AvgIpc) is 2.82. The number of nitrogens with zero attached hydrogens (tertiary/aromatic N) is 2. The molecule has 0 aliphatic carbocycles. The predicted octanol–water partition coefficient (Wildman–Crippen LogP) is 2.97. The summed E-state index contributed by atoms with van der Waals surface area (Å²) in [5.41, 5.74) is 0.666. The molecule has 0 fully saturated rings. The molecular formula is C12H9FN2O. The van der Waals surface area contributed by atoms with Gasteiger partial charge in [0, 0.05) is 24.8 Å². The fraction of sp³-hybridized carbons (Fsp3) is 0.0833. The third-order valence-corrected chi connectivity index (χ3v) is 2.52. The molecule has 0 atom stereocenters. The molecule has 0 amide bonds. The Kier molecular flexibility index (Phi) is 1.83. The van der Waals surface area contributed by atoms with E-state index in [1.54, 1.807) is 18.3 Å². The predicted molar refractivity (Wildman–Crippen MR) is 58.4 cm³/mol. The Morgan fingerprint density at radius 3 is 2.94 bits per heavy atom. The van der Waals surface area contributed by atoms with Crippen LogP contribution in [0.15, 0.2) is 41.1 Å². The number of imidazole rings is 1. The first-order valence-electron chi connectivity index (χ1n) is 4.91. The average molecular weight is 216 g/mol. The van der Waals surface area contributed by atoms with E-state index in [4.69, 9.17) is 4.42 Å². The molecule has 0 N–H and O–H groups in total. The molecule has 3 aromatic rings. The van der Waals surface area contributed by atoms with Crippen LogP contribution in [0.3, 0.4) is 0 Å². The number of halogens is 1. The van der Waals surface area contributed by atoms with Crippen LogP contribution in [0.4, 0.5) is 4.39 Å². The summed E-state index contributed by atoms with van der Waals surface area (Å²) in [4.78, 5) is 4.18. The summed E-state index contributed by atoms with van der Waals surface area (Å²) in [7, 11) is 1.89. The van der Waals surface area contributed by atoms with Crippen LogP contribution in [0.1, 0.15) is 0 Å². The molecule has 0 aliphatic rings. The highest BCUT2D eigenvalue weighted by Gasteiger charge is 2.10. The number of aryl methyl sites for hydroxylation is 1. The fourth-order valence-electron chi connectivity index (χ4n) is 1.73. The number of benzene rings is 1. The summed E-state index contributed by atoms with van der Waals surface area (Å²) < 4.78 is 20.5. The van der Waals surface area contributed by atoms with Gasteiger partial charge in [0.2, 0.25) is 0 Å². The van der Waals surface area contributed by atoms with Gasteiger partial charge >= 0.3 is 0 Å². The van der Waals surface area contributed by atoms with Crippen molar-refractivity contribution in [3.05, 3.63) is 42.5 Å². The van der Waals surface area contributed by atoms with Crippen LogP contribution in [0.25, 0.3) is 22.6 Å². The highest BCUT2D eigenvalue weighted by atomic mass is 19.1. The third-order valence-electron chi connectivity index (χ3n) is 2.52. The Balaban J connectivity index is 2.23. The first kappa shape index (κ1) is 9.15. The number of hydrogen-bond acceptors (Lipinski definition) is 2. The molecule has 0 radical (unpaired) electrons.